The zero-order valence-corrected chi connectivity index (χ0v) is 12.6. The van der Waals surface area contributed by atoms with Crippen LogP contribution in [0.25, 0.3) is 0 Å². The molecule has 3 nitrogen and oxygen atoms in total. The van der Waals surface area contributed by atoms with Gasteiger partial charge in [-0.3, -0.25) is 0 Å². The fraction of sp³-hybridized carbons (Fsp3) is 0.571. The van der Waals surface area contributed by atoms with Crippen molar-refractivity contribution < 1.29 is 5.11 Å². The average Bonchev–Trinajstić information content (AvgIpc) is 2.26. The Morgan fingerprint density at radius 3 is 2.67 bits per heavy atom. The smallest absolute Gasteiger partial charge is 0.120 e. The van der Waals surface area contributed by atoms with Crippen molar-refractivity contribution in [3.63, 3.8) is 0 Å². The molecular weight excluding hydrogens is 292 g/mol. The fourth-order valence-corrected chi connectivity index (χ4v) is 2.90. The molecule has 0 spiro atoms. The summed E-state index contributed by atoms with van der Waals surface area (Å²) in [6, 6.07) is 5.55. The summed E-state index contributed by atoms with van der Waals surface area (Å²) in [5.74, 6) is 0.359. The molecule has 0 amide bonds. The van der Waals surface area contributed by atoms with Gasteiger partial charge in [-0.15, -0.1) is 0 Å². The first-order valence-electron chi connectivity index (χ1n) is 6.39. The van der Waals surface area contributed by atoms with Gasteiger partial charge in [0.2, 0.25) is 0 Å². The van der Waals surface area contributed by atoms with Crippen molar-refractivity contribution in [2.75, 3.05) is 20.6 Å². The third-order valence-corrected chi connectivity index (χ3v) is 4.54. The first kappa shape index (κ1) is 13.8. The standard InChI is InChI=1S/C14H21BrN2O/c1-17(2)14(6-3-7-14)10-16-9-11-8-12(15)4-5-13(11)18/h4-5,8,16,18H,3,6-7,9-10H2,1-2H3. The molecule has 18 heavy (non-hydrogen) atoms. The molecule has 0 unspecified atom stereocenters. The lowest BCUT2D eigenvalue weighted by Crippen LogP contribution is -2.56. The van der Waals surface area contributed by atoms with E-state index < -0.39 is 0 Å². The van der Waals surface area contributed by atoms with Gasteiger partial charge in [-0.2, -0.15) is 0 Å². The number of hydrogen-bond acceptors (Lipinski definition) is 3. The number of likely N-dealkylation sites (N-methyl/N-ethyl adjacent to an activating group) is 1. The second-order valence-electron chi connectivity index (χ2n) is 5.35. The van der Waals surface area contributed by atoms with Gasteiger partial charge in [-0.1, -0.05) is 15.9 Å². The van der Waals surface area contributed by atoms with Gasteiger partial charge in [0.05, 0.1) is 0 Å². The predicted molar refractivity (Wildman–Crippen MR) is 77.8 cm³/mol. The minimum atomic E-state index is 0.321. The Balaban J connectivity index is 1.90. The largest absolute Gasteiger partial charge is 0.508 e. The summed E-state index contributed by atoms with van der Waals surface area (Å²) in [6.45, 7) is 1.69. The molecule has 2 rings (SSSR count). The highest BCUT2D eigenvalue weighted by atomic mass is 79.9. The van der Waals surface area contributed by atoms with Crippen LogP contribution < -0.4 is 5.32 Å². The van der Waals surface area contributed by atoms with Gasteiger partial charge in [0.25, 0.3) is 0 Å². The Morgan fingerprint density at radius 2 is 2.11 bits per heavy atom. The zero-order valence-electron chi connectivity index (χ0n) is 11.0. The highest BCUT2D eigenvalue weighted by molar-refractivity contribution is 9.10. The van der Waals surface area contributed by atoms with E-state index in [4.69, 9.17) is 0 Å². The Kier molecular flexibility index (Phi) is 4.30. The first-order chi connectivity index (χ1) is 8.53. The molecule has 1 aromatic carbocycles. The van der Waals surface area contributed by atoms with Crippen LogP contribution in [0.2, 0.25) is 0 Å². The molecule has 1 saturated carbocycles. The minimum Gasteiger partial charge on any atom is -0.508 e. The number of nitrogens with one attached hydrogen (secondary N) is 1. The number of rotatable bonds is 5. The van der Waals surface area contributed by atoms with E-state index in [1.54, 1.807) is 6.07 Å². The summed E-state index contributed by atoms with van der Waals surface area (Å²) in [5.41, 5.74) is 1.26. The van der Waals surface area contributed by atoms with Crippen LogP contribution in [0.4, 0.5) is 0 Å². The summed E-state index contributed by atoms with van der Waals surface area (Å²) in [5, 5.41) is 13.2. The molecule has 1 aliphatic carbocycles. The van der Waals surface area contributed by atoms with Crippen molar-refractivity contribution in [3.05, 3.63) is 28.2 Å². The van der Waals surface area contributed by atoms with E-state index in [2.05, 4.69) is 40.2 Å². The topological polar surface area (TPSA) is 35.5 Å². The summed E-state index contributed by atoms with van der Waals surface area (Å²) in [7, 11) is 4.30. The molecule has 0 radical (unpaired) electrons. The highest BCUT2D eigenvalue weighted by Gasteiger charge is 2.38. The van der Waals surface area contributed by atoms with Gasteiger partial charge in [0.1, 0.15) is 5.75 Å². The highest BCUT2D eigenvalue weighted by Crippen LogP contribution is 2.35. The fourth-order valence-electron chi connectivity index (χ4n) is 2.49. The average molecular weight is 313 g/mol. The second kappa shape index (κ2) is 5.59. The third kappa shape index (κ3) is 2.87. The molecular formula is C14H21BrN2O. The maximum Gasteiger partial charge on any atom is 0.120 e. The van der Waals surface area contributed by atoms with E-state index in [9.17, 15) is 5.11 Å². The van der Waals surface area contributed by atoms with Gasteiger partial charge in [-0.05, 0) is 51.6 Å². The molecule has 0 aliphatic heterocycles. The minimum absolute atomic E-state index is 0.321. The van der Waals surface area contributed by atoms with Gasteiger partial charge in [0, 0.05) is 28.7 Å². The molecule has 4 heteroatoms. The molecule has 0 aromatic heterocycles. The molecule has 2 N–H and O–H groups in total. The van der Waals surface area contributed by atoms with Gasteiger partial charge >= 0.3 is 0 Å². The van der Waals surface area contributed by atoms with E-state index in [0.29, 0.717) is 17.8 Å². The van der Waals surface area contributed by atoms with E-state index >= 15 is 0 Å². The summed E-state index contributed by atoms with van der Waals surface area (Å²) >= 11 is 3.43. The summed E-state index contributed by atoms with van der Waals surface area (Å²) in [6.07, 6.45) is 3.84. The van der Waals surface area contributed by atoms with Gasteiger partial charge in [-0.25, -0.2) is 0 Å². The molecule has 1 aromatic rings. The summed E-state index contributed by atoms with van der Waals surface area (Å²) < 4.78 is 1.00. The van der Waals surface area contributed by atoms with Crippen LogP contribution in [-0.2, 0) is 6.54 Å². The number of nitrogens with zero attached hydrogens (tertiary/aromatic N) is 1. The Hall–Kier alpha value is -0.580. The van der Waals surface area contributed by atoms with Gasteiger partial charge in [0.15, 0.2) is 0 Å². The molecule has 0 heterocycles. The predicted octanol–water partition coefficient (Wildman–Crippen LogP) is 2.73. The molecule has 1 aliphatic rings. The number of halogens is 1. The molecule has 1 fully saturated rings. The quantitative estimate of drug-likeness (QED) is 0.877. The van der Waals surface area contributed by atoms with E-state index in [0.717, 1.165) is 16.6 Å². The van der Waals surface area contributed by atoms with E-state index in [1.165, 1.54) is 19.3 Å². The van der Waals surface area contributed by atoms with Crippen LogP contribution in [0, 0.1) is 0 Å². The molecule has 100 valence electrons. The van der Waals surface area contributed by atoms with E-state index in [1.807, 2.05) is 12.1 Å². The number of phenols is 1. The lowest BCUT2D eigenvalue weighted by atomic mass is 9.75. The van der Waals surface area contributed by atoms with Crippen molar-refractivity contribution in [3.8, 4) is 5.75 Å². The van der Waals surface area contributed by atoms with Crippen LogP contribution in [0.1, 0.15) is 24.8 Å². The monoisotopic (exact) mass is 312 g/mol. The third-order valence-electron chi connectivity index (χ3n) is 4.04. The maximum atomic E-state index is 9.77. The van der Waals surface area contributed by atoms with Crippen LogP contribution in [0.3, 0.4) is 0 Å². The number of phenolic OH excluding ortho intramolecular Hbond substituents is 1. The van der Waals surface area contributed by atoms with Crippen LogP contribution in [-0.4, -0.2) is 36.2 Å². The van der Waals surface area contributed by atoms with Gasteiger partial charge < -0.3 is 15.3 Å². The SMILES string of the molecule is CN(C)C1(CNCc2cc(Br)ccc2O)CCC1. The maximum absolute atomic E-state index is 9.77. The first-order valence-corrected chi connectivity index (χ1v) is 7.18. The Morgan fingerprint density at radius 1 is 1.39 bits per heavy atom. The van der Waals surface area contributed by atoms with Crippen LogP contribution in [0.15, 0.2) is 22.7 Å². The number of benzene rings is 1. The second-order valence-corrected chi connectivity index (χ2v) is 6.26. The Labute approximate surface area is 117 Å². The van der Waals surface area contributed by atoms with Crippen LogP contribution >= 0.6 is 15.9 Å². The normalized spacial score (nSPS) is 17.8. The van der Waals surface area contributed by atoms with Crippen molar-refractivity contribution in [1.82, 2.24) is 10.2 Å². The summed E-state index contributed by atoms with van der Waals surface area (Å²) in [4.78, 5) is 2.32. The lowest BCUT2D eigenvalue weighted by Gasteiger charge is -2.47. The van der Waals surface area contributed by atoms with Crippen molar-refractivity contribution >= 4 is 15.9 Å². The number of hydrogen-bond donors (Lipinski definition) is 2. The molecule has 0 bridgehead atoms. The molecule has 0 atom stereocenters. The Bertz CT molecular complexity index is 416. The van der Waals surface area contributed by atoms with Crippen molar-refractivity contribution in [2.24, 2.45) is 0 Å². The van der Waals surface area contributed by atoms with Crippen molar-refractivity contribution in [1.29, 1.82) is 0 Å². The van der Waals surface area contributed by atoms with Crippen molar-refractivity contribution in [2.45, 2.75) is 31.3 Å². The van der Waals surface area contributed by atoms with E-state index in [-0.39, 0.29) is 0 Å². The van der Waals surface area contributed by atoms with Crippen LogP contribution in [0.5, 0.6) is 5.75 Å². The lowest BCUT2D eigenvalue weighted by molar-refractivity contribution is 0.0598. The number of aromatic hydroxyl groups is 1. The zero-order chi connectivity index (χ0) is 13.2. The molecule has 0 saturated heterocycles.